The molecule has 0 unspecified atom stereocenters. The molecule has 0 aliphatic heterocycles. The first kappa shape index (κ1) is 16.1. The minimum absolute atomic E-state index is 0.0759. The molecule has 0 spiro atoms. The number of hydrogen-bond donors (Lipinski definition) is 1. The lowest BCUT2D eigenvalue weighted by molar-refractivity contribution is -0.120. The van der Waals surface area contributed by atoms with Gasteiger partial charge in [0.05, 0.1) is 12.2 Å². The van der Waals surface area contributed by atoms with Crippen molar-refractivity contribution in [3.8, 4) is 0 Å². The van der Waals surface area contributed by atoms with Gasteiger partial charge in [0.25, 0.3) is 0 Å². The zero-order chi connectivity index (χ0) is 16.8. The molecular formula is C14H15N7O2S. The molecule has 0 fully saturated rings. The Kier molecular flexibility index (Phi) is 5.16. The van der Waals surface area contributed by atoms with Crippen LogP contribution in [0.2, 0.25) is 0 Å². The Morgan fingerprint density at radius 3 is 2.92 bits per heavy atom. The number of benzene rings is 1. The Balaban J connectivity index is 1.46. The fourth-order valence-corrected chi connectivity index (χ4v) is 2.58. The van der Waals surface area contributed by atoms with Crippen LogP contribution in [0.15, 0.2) is 40.0 Å². The first-order valence-corrected chi connectivity index (χ1v) is 8.16. The summed E-state index contributed by atoms with van der Waals surface area (Å²) in [5.41, 5.74) is 1.04. The van der Waals surface area contributed by atoms with Crippen LogP contribution in [-0.4, -0.2) is 36.3 Å². The second kappa shape index (κ2) is 7.68. The van der Waals surface area contributed by atoms with Crippen molar-refractivity contribution >= 4 is 17.7 Å². The third-order valence-electron chi connectivity index (χ3n) is 3.07. The number of nitrogens with one attached hydrogen (secondary N) is 1. The topological polar surface area (TPSA) is 112 Å². The van der Waals surface area contributed by atoms with Crippen molar-refractivity contribution in [3.05, 3.63) is 47.6 Å². The van der Waals surface area contributed by atoms with E-state index in [-0.39, 0.29) is 12.3 Å². The van der Waals surface area contributed by atoms with Crippen molar-refractivity contribution in [2.24, 2.45) is 7.05 Å². The van der Waals surface area contributed by atoms with Gasteiger partial charge in [-0.25, -0.2) is 4.68 Å². The highest BCUT2D eigenvalue weighted by atomic mass is 32.2. The highest BCUT2D eigenvalue weighted by molar-refractivity contribution is 7.98. The predicted molar refractivity (Wildman–Crippen MR) is 84.6 cm³/mol. The molecule has 0 radical (unpaired) electrons. The monoisotopic (exact) mass is 345 g/mol. The second-order valence-corrected chi connectivity index (χ2v) is 5.86. The van der Waals surface area contributed by atoms with E-state index >= 15 is 0 Å². The Bertz CT molecular complexity index is 802. The molecule has 0 saturated heterocycles. The van der Waals surface area contributed by atoms with Gasteiger partial charge in [-0.2, -0.15) is 4.98 Å². The number of aromatic nitrogens is 6. The van der Waals surface area contributed by atoms with E-state index in [4.69, 9.17) is 4.52 Å². The molecule has 3 rings (SSSR count). The average Bonchev–Trinajstić information content (AvgIpc) is 3.21. The summed E-state index contributed by atoms with van der Waals surface area (Å²) < 4.78 is 6.68. The van der Waals surface area contributed by atoms with Crippen molar-refractivity contribution in [1.82, 2.24) is 35.7 Å². The average molecular weight is 345 g/mol. The lowest BCUT2D eigenvalue weighted by Gasteiger charge is -2.03. The van der Waals surface area contributed by atoms with Crippen molar-refractivity contribution in [1.29, 1.82) is 0 Å². The lowest BCUT2D eigenvalue weighted by atomic mass is 10.2. The van der Waals surface area contributed by atoms with Gasteiger partial charge in [-0.05, 0) is 16.0 Å². The van der Waals surface area contributed by atoms with Crippen LogP contribution in [0.3, 0.4) is 0 Å². The summed E-state index contributed by atoms with van der Waals surface area (Å²) in [7, 11) is 1.75. The van der Waals surface area contributed by atoms with Crippen LogP contribution in [0, 0.1) is 0 Å². The van der Waals surface area contributed by atoms with E-state index in [2.05, 4.69) is 31.0 Å². The summed E-state index contributed by atoms with van der Waals surface area (Å²) in [6, 6.07) is 9.69. The summed E-state index contributed by atoms with van der Waals surface area (Å²) in [4.78, 5) is 16.1. The van der Waals surface area contributed by atoms with E-state index in [1.54, 1.807) is 11.7 Å². The maximum absolute atomic E-state index is 11.9. The molecule has 0 aliphatic carbocycles. The molecule has 1 amide bonds. The van der Waals surface area contributed by atoms with Gasteiger partial charge in [0.15, 0.2) is 5.82 Å². The molecule has 3 aromatic rings. The number of hydrogen-bond acceptors (Lipinski definition) is 8. The molecule has 1 N–H and O–H groups in total. The van der Waals surface area contributed by atoms with E-state index in [0.717, 1.165) is 5.56 Å². The Labute approximate surface area is 141 Å². The molecule has 2 aromatic heterocycles. The first-order valence-electron chi connectivity index (χ1n) is 7.18. The van der Waals surface area contributed by atoms with Crippen LogP contribution in [0.4, 0.5) is 0 Å². The maximum atomic E-state index is 11.9. The zero-order valence-electron chi connectivity index (χ0n) is 12.9. The van der Waals surface area contributed by atoms with Gasteiger partial charge in [0.1, 0.15) is 0 Å². The van der Waals surface area contributed by atoms with Gasteiger partial charge in [-0.3, -0.25) is 4.79 Å². The van der Waals surface area contributed by atoms with Crippen molar-refractivity contribution in [3.63, 3.8) is 0 Å². The Morgan fingerprint density at radius 2 is 2.17 bits per heavy atom. The zero-order valence-corrected chi connectivity index (χ0v) is 13.7. The SMILES string of the molecule is Cn1nnnc1SCc1nc(CC(=O)NCc2ccccc2)no1. The molecule has 0 saturated carbocycles. The fourth-order valence-electron chi connectivity index (χ4n) is 1.89. The number of amides is 1. The summed E-state index contributed by atoms with van der Waals surface area (Å²) in [5, 5.41) is 18.4. The molecule has 1 aromatic carbocycles. The van der Waals surface area contributed by atoms with Gasteiger partial charge in [-0.15, -0.1) is 5.10 Å². The van der Waals surface area contributed by atoms with E-state index in [1.807, 2.05) is 30.3 Å². The van der Waals surface area contributed by atoms with E-state index in [9.17, 15) is 4.79 Å². The normalized spacial score (nSPS) is 10.7. The molecule has 24 heavy (non-hydrogen) atoms. The smallest absolute Gasteiger partial charge is 0.237 e. The first-order chi connectivity index (χ1) is 11.7. The van der Waals surface area contributed by atoms with Crippen LogP contribution in [0.25, 0.3) is 0 Å². The molecule has 0 bridgehead atoms. The van der Waals surface area contributed by atoms with E-state index < -0.39 is 0 Å². The number of tetrazole rings is 1. The number of aryl methyl sites for hydroxylation is 1. The minimum atomic E-state index is -0.156. The predicted octanol–water partition coefficient (Wildman–Crippen LogP) is 0.744. The lowest BCUT2D eigenvalue weighted by Crippen LogP contribution is -2.24. The van der Waals surface area contributed by atoms with Crippen molar-refractivity contribution in [2.75, 3.05) is 0 Å². The van der Waals surface area contributed by atoms with Crippen LogP contribution >= 0.6 is 11.8 Å². The highest BCUT2D eigenvalue weighted by Crippen LogP contribution is 2.17. The summed E-state index contributed by atoms with van der Waals surface area (Å²) >= 11 is 1.38. The summed E-state index contributed by atoms with van der Waals surface area (Å²) in [6.07, 6.45) is 0.0759. The van der Waals surface area contributed by atoms with Gasteiger partial charge in [-0.1, -0.05) is 47.3 Å². The van der Waals surface area contributed by atoms with Gasteiger partial charge < -0.3 is 9.84 Å². The summed E-state index contributed by atoms with van der Waals surface area (Å²) in [5.74, 6) is 1.06. The maximum Gasteiger partial charge on any atom is 0.237 e. The number of carbonyl (C=O) groups is 1. The number of carbonyl (C=O) groups excluding carboxylic acids is 1. The van der Waals surface area contributed by atoms with Crippen molar-refractivity contribution < 1.29 is 9.32 Å². The number of rotatable bonds is 7. The number of nitrogens with zero attached hydrogens (tertiary/aromatic N) is 6. The van der Waals surface area contributed by atoms with Crippen LogP contribution < -0.4 is 5.32 Å². The second-order valence-electron chi connectivity index (χ2n) is 4.92. The van der Waals surface area contributed by atoms with Gasteiger partial charge in [0.2, 0.25) is 17.0 Å². The quantitative estimate of drug-likeness (QED) is 0.624. The third-order valence-corrected chi connectivity index (χ3v) is 4.06. The van der Waals surface area contributed by atoms with E-state index in [1.165, 1.54) is 11.8 Å². The van der Waals surface area contributed by atoms with Crippen LogP contribution in [0.1, 0.15) is 17.3 Å². The molecule has 2 heterocycles. The van der Waals surface area contributed by atoms with Crippen LogP contribution in [-0.2, 0) is 30.6 Å². The van der Waals surface area contributed by atoms with Gasteiger partial charge >= 0.3 is 0 Å². The molecule has 9 nitrogen and oxygen atoms in total. The molecule has 0 aliphatic rings. The number of thioether (sulfide) groups is 1. The van der Waals surface area contributed by atoms with Crippen LogP contribution in [0.5, 0.6) is 0 Å². The highest BCUT2D eigenvalue weighted by Gasteiger charge is 2.12. The largest absolute Gasteiger partial charge is 0.352 e. The Morgan fingerprint density at radius 1 is 1.33 bits per heavy atom. The molecular weight excluding hydrogens is 330 g/mol. The van der Waals surface area contributed by atoms with E-state index in [0.29, 0.717) is 29.2 Å². The standard InChI is InChI=1S/C14H15N7O2S/c1-21-14(17-19-20-21)24-9-13-16-11(18-23-13)7-12(22)15-8-10-5-3-2-4-6-10/h2-6H,7-9H2,1H3,(H,15,22). The fraction of sp³-hybridized carbons (Fsp3) is 0.286. The summed E-state index contributed by atoms with van der Waals surface area (Å²) in [6.45, 7) is 0.472. The minimum Gasteiger partial charge on any atom is -0.352 e. The molecule has 124 valence electrons. The molecule has 10 heteroatoms. The Hall–Kier alpha value is -2.75. The molecule has 0 atom stereocenters. The third kappa shape index (κ3) is 4.38. The van der Waals surface area contributed by atoms with Gasteiger partial charge in [0, 0.05) is 13.6 Å². The van der Waals surface area contributed by atoms with Crippen molar-refractivity contribution in [2.45, 2.75) is 23.9 Å².